The molecule has 1 aliphatic rings. The van der Waals surface area contributed by atoms with Crippen LogP contribution in [0.15, 0.2) is 18.2 Å². The first-order valence-electron chi connectivity index (χ1n) is 7.04. The van der Waals surface area contributed by atoms with Gasteiger partial charge in [-0.2, -0.15) is 0 Å². The van der Waals surface area contributed by atoms with E-state index in [4.69, 9.17) is 4.74 Å². The van der Waals surface area contributed by atoms with Crippen LogP contribution in [0.1, 0.15) is 37.9 Å². The van der Waals surface area contributed by atoms with Crippen LogP contribution in [-0.4, -0.2) is 32.6 Å². The van der Waals surface area contributed by atoms with Gasteiger partial charge < -0.3 is 10.1 Å². The van der Waals surface area contributed by atoms with Gasteiger partial charge in [-0.05, 0) is 50.1 Å². The van der Waals surface area contributed by atoms with Crippen LogP contribution in [-0.2, 0) is 16.3 Å². The van der Waals surface area contributed by atoms with Crippen LogP contribution in [0, 0.1) is 0 Å². The summed E-state index contributed by atoms with van der Waals surface area (Å²) in [5.74, 6) is 0.772. The highest BCUT2D eigenvalue weighted by atomic mass is 32.2. The molecule has 2 unspecified atom stereocenters. The molecule has 0 radical (unpaired) electrons. The van der Waals surface area contributed by atoms with Gasteiger partial charge in [-0.3, -0.25) is 0 Å². The lowest BCUT2D eigenvalue weighted by Gasteiger charge is -2.23. The minimum atomic E-state index is -3.14. The number of sulfone groups is 1. The quantitative estimate of drug-likeness (QED) is 0.904. The van der Waals surface area contributed by atoms with Crippen LogP contribution in [0.5, 0.6) is 5.75 Å². The molecular weight excluding hydrogens is 274 g/mol. The Morgan fingerprint density at radius 1 is 1.40 bits per heavy atom. The average Bonchev–Trinajstić information content (AvgIpc) is 2.77. The Morgan fingerprint density at radius 2 is 2.10 bits per heavy atom. The zero-order chi connectivity index (χ0) is 14.9. The van der Waals surface area contributed by atoms with Crippen LogP contribution in [0.3, 0.4) is 0 Å². The molecule has 0 spiro atoms. The monoisotopic (exact) mass is 297 g/mol. The minimum absolute atomic E-state index is 0.141. The Morgan fingerprint density at radius 3 is 2.65 bits per heavy atom. The summed E-state index contributed by atoms with van der Waals surface area (Å²) in [6.07, 6.45) is 0.581. The summed E-state index contributed by atoms with van der Waals surface area (Å²) in [5, 5.41) is 2.59. The van der Waals surface area contributed by atoms with E-state index in [9.17, 15) is 8.42 Å². The Hall–Kier alpha value is -1.07. The lowest BCUT2D eigenvalue weighted by molar-refractivity contribution is 0.413. The Balaban J connectivity index is 2.44. The molecule has 0 aliphatic heterocycles. The van der Waals surface area contributed by atoms with Crippen molar-refractivity contribution >= 4 is 9.84 Å². The topological polar surface area (TPSA) is 55.4 Å². The second-order valence-electron chi connectivity index (χ2n) is 5.48. The second-order valence-corrected chi connectivity index (χ2v) is 8.21. The number of rotatable bonds is 5. The van der Waals surface area contributed by atoms with E-state index in [1.807, 2.05) is 25.1 Å². The highest BCUT2D eigenvalue weighted by Gasteiger charge is 2.41. The molecule has 1 aromatic carbocycles. The van der Waals surface area contributed by atoms with Crippen molar-refractivity contribution in [3.8, 4) is 5.75 Å². The zero-order valence-corrected chi connectivity index (χ0v) is 13.3. The van der Waals surface area contributed by atoms with Crippen molar-refractivity contribution in [3.63, 3.8) is 0 Å². The van der Waals surface area contributed by atoms with Crippen LogP contribution < -0.4 is 10.1 Å². The number of hydrogen-bond acceptors (Lipinski definition) is 4. The summed E-state index contributed by atoms with van der Waals surface area (Å²) in [4.78, 5) is 0. The Bertz CT molecular complexity index is 581. The van der Waals surface area contributed by atoms with E-state index in [2.05, 4.69) is 5.32 Å². The van der Waals surface area contributed by atoms with Crippen molar-refractivity contribution in [2.45, 2.75) is 43.7 Å². The summed E-state index contributed by atoms with van der Waals surface area (Å²) in [5.41, 5.74) is 2.16. The fourth-order valence-corrected chi connectivity index (χ4v) is 4.56. The first-order valence-corrected chi connectivity index (χ1v) is 8.65. The molecule has 0 heterocycles. The Kier molecular flexibility index (Phi) is 4.39. The van der Waals surface area contributed by atoms with Gasteiger partial charge in [0.2, 0.25) is 0 Å². The predicted molar refractivity (Wildman–Crippen MR) is 81.0 cm³/mol. The lowest BCUT2D eigenvalue weighted by atomic mass is 10.1. The standard InChI is InChI=1S/C15H23NO3S/c1-5-16-15-13-9-12(19-4)7-6-11(13)8-14(15)20(17,18)10(2)3/h6-7,9-10,14-16H,5,8H2,1-4H3. The lowest BCUT2D eigenvalue weighted by Crippen LogP contribution is -2.38. The molecule has 1 aromatic rings. The Labute approximate surface area is 121 Å². The van der Waals surface area contributed by atoms with Gasteiger partial charge in [-0.15, -0.1) is 0 Å². The molecule has 1 N–H and O–H groups in total. The fraction of sp³-hybridized carbons (Fsp3) is 0.600. The van der Waals surface area contributed by atoms with Crippen molar-refractivity contribution in [1.82, 2.24) is 5.32 Å². The molecule has 2 atom stereocenters. The number of methoxy groups -OCH3 is 1. The third kappa shape index (κ3) is 2.56. The van der Waals surface area contributed by atoms with E-state index < -0.39 is 9.84 Å². The number of fused-ring (bicyclic) bond motifs is 1. The zero-order valence-electron chi connectivity index (χ0n) is 12.5. The van der Waals surface area contributed by atoms with Gasteiger partial charge in [0.25, 0.3) is 0 Å². The van der Waals surface area contributed by atoms with Crippen molar-refractivity contribution in [3.05, 3.63) is 29.3 Å². The molecule has 0 fully saturated rings. The van der Waals surface area contributed by atoms with E-state index in [1.54, 1.807) is 21.0 Å². The van der Waals surface area contributed by atoms with Gasteiger partial charge in [-0.1, -0.05) is 13.0 Å². The van der Waals surface area contributed by atoms with Crippen LogP contribution >= 0.6 is 0 Å². The summed E-state index contributed by atoms with van der Waals surface area (Å²) >= 11 is 0. The number of ether oxygens (including phenoxy) is 1. The number of nitrogens with one attached hydrogen (secondary N) is 1. The van der Waals surface area contributed by atoms with E-state index in [0.717, 1.165) is 23.4 Å². The van der Waals surface area contributed by atoms with Crippen LogP contribution in [0.2, 0.25) is 0 Å². The van der Waals surface area contributed by atoms with Crippen molar-refractivity contribution in [2.24, 2.45) is 0 Å². The molecule has 0 saturated carbocycles. The van der Waals surface area contributed by atoms with Gasteiger partial charge in [0, 0.05) is 6.04 Å². The van der Waals surface area contributed by atoms with Gasteiger partial charge in [0.15, 0.2) is 9.84 Å². The molecule has 0 aromatic heterocycles. The highest BCUT2D eigenvalue weighted by molar-refractivity contribution is 7.92. The van der Waals surface area contributed by atoms with Gasteiger partial charge >= 0.3 is 0 Å². The first-order chi connectivity index (χ1) is 9.41. The van der Waals surface area contributed by atoms with E-state index in [1.165, 1.54) is 0 Å². The maximum Gasteiger partial charge on any atom is 0.157 e. The average molecular weight is 297 g/mol. The fourth-order valence-electron chi connectivity index (χ4n) is 2.83. The van der Waals surface area contributed by atoms with Gasteiger partial charge in [-0.25, -0.2) is 8.42 Å². The molecule has 0 saturated heterocycles. The molecule has 4 nitrogen and oxygen atoms in total. The number of benzene rings is 1. The summed E-state index contributed by atoms with van der Waals surface area (Å²) in [6, 6.07) is 5.69. The molecule has 5 heteroatoms. The largest absolute Gasteiger partial charge is 0.497 e. The first kappa shape index (κ1) is 15.3. The molecule has 0 amide bonds. The third-order valence-electron chi connectivity index (χ3n) is 3.98. The van der Waals surface area contributed by atoms with E-state index >= 15 is 0 Å². The summed E-state index contributed by atoms with van der Waals surface area (Å²) < 4.78 is 30.4. The van der Waals surface area contributed by atoms with Crippen molar-refractivity contribution < 1.29 is 13.2 Å². The molecule has 1 aliphatic carbocycles. The van der Waals surface area contributed by atoms with E-state index in [-0.39, 0.29) is 16.5 Å². The smallest absolute Gasteiger partial charge is 0.157 e. The molecule has 112 valence electrons. The summed E-state index contributed by atoms with van der Waals surface area (Å²) in [6.45, 7) is 6.24. The molecular formula is C15H23NO3S. The molecule has 0 bridgehead atoms. The predicted octanol–water partition coefficient (Wildman–Crippen LogP) is 2.09. The SMILES string of the molecule is CCNC1c2cc(OC)ccc2CC1S(=O)(=O)C(C)C. The summed E-state index contributed by atoms with van der Waals surface area (Å²) in [7, 11) is -1.51. The minimum Gasteiger partial charge on any atom is -0.497 e. The second kappa shape index (κ2) is 5.74. The van der Waals surface area contributed by atoms with Gasteiger partial charge in [0.05, 0.1) is 17.6 Å². The third-order valence-corrected chi connectivity index (χ3v) is 6.58. The van der Waals surface area contributed by atoms with Crippen LogP contribution in [0.25, 0.3) is 0 Å². The van der Waals surface area contributed by atoms with Crippen molar-refractivity contribution in [1.29, 1.82) is 0 Å². The van der Waals surface area contributed by atoms with Crippen molar-refractivity contribution in [2.75, 3.05) is 13.7 Å². The molecule has 2 rings (SSSR count). The highest BCUT2D eigenvalue weighted by Crippen LogP contribution is 2.38. The maximum atomic E-state index is 12.6. The van der Waals surface area contributed by atoms with Gasteiger partial charge in [0.1, 0.15) is 5.75 Å². The molecule has 20 heavy (non-hydrogen) atoms. The number of hydrogen-bond donors (Lipinski definition) is 1. The van der Waals surface area contributed by atoms with Crippen LogP contribution in [0.4, 0.5) is 0 Å². The van der Waals surface area contributed by atoms with E-state index in [0.29, 0.717) is 6.42 Å². The maximum absolute atomic E-state index is 12.6. The normalized spacial score (nSPS) is 22.1.